The van der Waals surface area contributed by atoms with Gasteiger partial charge in [0.1, 0.15) is 6.04 Å². The van der Waals surface area contributed by atoms with Gasteiger partial charge in [0, 0.05) is 6.42 Å². The summed E-state index contributed by atoms with van der Waals surface area (Å²) in [6.07, 6.45) is 12.5. The number of hydrogen-bond acceptors (Lipinski definition) is 2. The van der Waals surface area contributed by atoms with E-state index in [9.17, 15) is 9.59 Å². The van der Waals surface area contributed by atoms with Crippen LogP contribution in [-0.4, -0.2) is 28.4 Å². The summed E-state index contributed by atoms with van der Waals surface area (Å²) in [6, 6.07) is -0.710. The number of nitrogens with one attached hydrogen (secondary N) is 1. The molecule has 4 nitrogen and oxygen atoms in total. The van der Waals surface area contributed by atoms with Crippen molar-refractivity contribution in [2.24, 2.45) is 17.8 Å². The molecule has 5 fully saturated rings. The van der Waals surface area contributed by atoms with Crippen molar-refractivity contribution in [3.63, 3.8) is 0 Å². The summed E-state index contributed by atoms with van der Waals surface area (Å²) < 4.78 is 0. The predicted molar refractivity (Wildman–Crippen MR) is 73.5 cm³/mol. The minimum atomic E-state index is -0.500. The van der Waals surface area contributed by atoms with Gasteiger partial charge >= 0.3 is 6.03 Å². The Bertz CT molecular complexity index is 484. The molecule has 5 aliphatic rings. The van der Waals surface area contributed by atoms with Gasteiger partial charge in [0.2, 0.25) is 0 Å². The monoisotopic (exact) mass is 272 g/mol. The summed E-state index contributed by atoms with van der Waals surface area (Å²) >= 11 is 0. The Morgan fingerprint density at radius 1 is 1.15 bits per heavy atom. The molecule has 106 valence electrons. The van der Waals surface area contributed by atoms with E-state index in [1.165, 1.54) is 19.3 Å². The second kappa shape index (κ2) is 4.00. The summed E-state index contributed by atoms with van der Waals surface area (Å²) in [5, 5.41) is 2.77. The zero-order valence-electron chi connectivity index (χ0n) is 11.6. The van der Waals surface area contributed by atoms with Crippen molar-refractivity contribution in [2.75, 3.05) is 0 Å². The van der Waals surface area contributed by atoms with Crippen molar-refractivity contribution in [3.8, 4) is 12.3 Å². The van der Waals surface area contributed by atoms with Crippen molar-refractivity contribution in [2.45, 2.75) is 56.5 Å². The quantitative estimate of drug-likeness (QED) is 0.616. The molecule has 0 spiro atoms. The van der Waals surface area contributed by atoms with Crippen molar-refractivity contribution in [1.82, 2.24) is 10.2 Å². The van der Waals surface area contributed by atoms with Crippen LogP contribution in [-0.2, 0) is 4.79 Å². The van der Waals surface area contributed by atoms with Crippen LogP contribution in [0.3, 0.4) is 0 Å². The number of carbonyl (C=O) groups is 2. The number of urea groups is 1. The molecule has 1 heterocycles. The van der Waals surface area contributed by atoms with Crippen LogP contribution in [0.2, 0.25) is 0 Å². The molecule has 4 bridgehead atoms. The molecule has 4 saturated carbocycles. The fraction of sp³-hybridized carbons (Fsp3) is 0.750. The Morgan fingerprint density at radius 3 is 2.20 bits per heavy atom. The molecule has 1 aliphatic heterocycles. The van der Waals surface area contributed by atoms with E-state index in [0.717, 1.165) is 19.3 Å². The second-order valence-corrected chi connectivity index (χ2v) is 7.23. The van der Waals surface area contributed by atoms with E-state index < -0.39 is 6.04 Å². The highest BCUT2D eigenvalue weighted by Gasteiger charge is 2.58. The van der Waals surface area contributed by atoms with E-state index in [2.05, 4.69) is 11.2 Å². The maximum Gasteiger partial charge on any atom is 0.325 e. The third-order valence-corrected chi connectivity index (χ3v) is 5.82. The van der Waals surface area contributed by atoms with Crippen LogP contribution < -0.4 is 5.32 Å². The van der Waals surface area contributed by atoms with Crippen molar-refractivity contribution in [3.05, 3.63) is 0 Å². The van der Waals surface area contributed by atoms with E-state index in [-0.39, 0.29) is 17.5 Å². The first kappa shape index (κ1) is 12.3. The van der Waals surface area contributed by atoms with Crippen LogP contribution in [0.5, 0.6) is 0 Å². The molecular formula is C16H20N2O2. The zero-order valence-corrected chi connectivity index (χ0v) is 11.6. The van der Waals surface area contributed by atoms with Crippen LogP contribution in [0, 0.1) is 30.1 Å². The summed E-state index contributed by atoms with van der Waals surface area (Å²) in [7, 11) is 0. The Labute approximate surface area is 119 Å². The molecule has 0 aromatic heterocycles. The number of hydrogen-bond donors (Lipinski definition) is 1. The summed E-state index contributed by atoms with van der Waals surface area (Å²) in [6.45, 7) is 0. The van der Waals surface area contributed by atoms with E-state index in [1.807, 2.05) is 0 Å². The summed E-state index contributed by atoms with van der Waals surface area (Å²) in [5.74, 6) is 4.55. The first-order valence-corrected chi connectivity index (χ1v) is 7.69. The van der Waals surface area contributed by atoms with Gasteiger partial charge in [-0.15, -0.1) is 12.3 Å². The molecule has 0 radical (unpaired) electrons. The molecule has 1 atom stereocenters. The van der Waals surface area contributed by atoms with Crippen LogP contribution in [0.1, 0.15) is 44.9 Å². The molecule has 4 heteroatoms. The lowest BCUT2D eigenvalue weighted by Gasteiger charge is -2.58. The topological polar surface area (TPSA) is 49.4 Å². The third kappa shape index (κ3) is 1.55. The smallest absolute Gasteiger partial charge is 0.325 e. The van der Waals surface area contributed by atoms with E-state index in [1.54, 1.807) is 4.90 Å². The number of rotatable bonds is 2. The van der Waals surface area contributed by atoms with Gasteiger partial charge in [0.25, 0.3) is 5.91 Å². The second-order valence-electron chi connectivity index (χ2n) is 7.23. The Hall–Kier alpha value is -1.50. The molecule has 1 N–H and O–H groups in total. The Kier molecular flexibility index (Phi) is 2.45. The van der Waals surface area contributed by atoms with Crippen LogP contribution >= 0.6 is 0 Å². The number of imide groups is 1. The first-order valence-electron chi connectivity index (χ1n) is 7.69. The van der Waals surface area contributed by atoms with E-state index in [0.29, 0.717) is 24.2 Å². The van der Waals surface area contributed by atoms with Crippen LogP contribution in [0.4, 0.5) is 4.79 Å². The maximum absolute atomic E-state index is 12.6. The number of carbonyl (C=O) groups excluding carboxylic acids is 2. The molecule has 3 amide bonds. The average Bonchev–Trinajstić information content (AvgIpc) is 2.63. The van der Waals surface area contributed by atoms with Crippen molar-refractivity contribution in [1.29, 1.82) is 0 Å². The highest BCUT2D eigenvalue weighted by Crippen LogP contribution is 2.58. The lowest BCUT2D eigenvalue weighted by atomic mass is 9.52. The van der Waals surface area contributed by atoms with Gasteiger partial charge in [-0.05, 0) is 56.3 Å². The van der Waals surface area contributed by atoms with Gasteiger partial charge in [-0.25, -0.2) is 4.79 Å². The third-order valence-electron chi connectivity index (χ3n) is 5.82. The number of amides is 3. The Balaban J connectivity index is 1.65. The first-order chi connectivity index (χ1) is 9.61. The van der Waals surface area contributed by atoms with Gasteiger partial charge in [-0.1, -0.05) is 0 Å². The van der Waals surface area contributed by atoms with Gasteiger partial charge in [0.15, 0.2) is 0 Å². The van der Waals surface area contributed by atoms with E-state index in [4.69, 9.17) is 6.42 Å². The van der Waals surface area contributed by atoms with Crippen molar-refractivity contribution < 1.29 is 9.59 Å². The maximum atomic E-state index is 12.6. The lowest BCUT2D eigenvalue weighted by Crippen LogP contribution is -2.61. The van der Waals surface area contributed by atoms with E-state index >= 15 is 0 Å². The largest absolute Gasteiger partial charge is 0.325 e. The average molecular weight is 272 g/mol. The van der Waals surface area contributed by atoms with Crippen molar-refractivity contribution >= 4 is 11.9 Å². The summed E-state index contributed by atoms with van der Waals surface area (Å²) in [5.41, 5.74) is -0.195. The minimum Gasteiger partial charge on any atom is -0.325 e. The Morgan fingerprint density at radius 2 is 1.70 bits per heavy atom. The van der Waals surface area contributed by atoms with Gasteiger partial charge < -0.3 is 5.32 Å². The number of terminal acetylenes is 1. The SMILES string of the molecule is C#CCC1NC(=O)N(C23CC4CC(CC(C4)C2)C3)C1=O. The fourth-order valence-electron chi connectivity index (χ4n) is 5.58. The standard InChI is InChI=1S/C16H20N2O2/c1-2-3-13-14(19)18(15(20)17-13)16-7-10-4-11(8-16)6-12(5-10)9-16/h1,10-13H,3-9H2,(H,17,20). The summed E-state index contributed by atoms with van der Waals surface area (Å²) in [4.78, 5) is 26.4. The molecule has 4 aliphatic carbocycles. The normalized spacial score (nSPS) is 45.6. The minimum absolute atomic E-state index is 0.0881. The van der Waals surface area contributed by atoms with Gasteiger partial charge in [0.05, 0.1) is 5.54 Å². The molecule has 1 saturated heterocycles. The molecule has 0 aromatic rings. The fourth-order valence-corrected chi connectivity index (χ4v) is 5.58. The predicted octanol–water partition coefficient (Wildman–Crippen LogP) is 1.90. The zero-order chi connectivity index (χ0) is 13.9. The number of nitrogens with zero attached hydrogens (tertiary/aromatic N) is 1. The molecule has 1 unspecified atom stereocenters. The molecule has 0 aromatic carbocycles. The lowest BCUT2D eigenvalue weighted by molar-refractivity contribution is -0.140. The molecule has 5 rings (SSSR count). The van der Waals surface area contributed by atoms with Gasteiger partial charge in [-0.2, -0.15) is 0 Å². The molecular weight excluding hydrogens is 252 g/mol. The highest BCUT2D eigenvalue weighted by atomic mass is 16.2. The molecule has 20 heavy (non-hydrogen) atoms. The highest BCUT2D eigenvalue weighted by molar-refractivity contribution is 6.05. The van der Waals surface area contributed by atoms with Crippen LogP contribution in [0.25, 0.3) is 0 Å². The van der Waals surface area contributed by atoms with Crippen LogP contribution in [0.15, 0.2) is 0 Å². The van der Waals surface area contributed by atoms with Gasteiger partial charge in [-0.3, -0.25) is 9.69 Å².